The Morgan fingerprint density at radius 2 is 2.15 bits per heavy atom. The largest absolute Gasteiger partial charge is 0.480 e. The van der Waals surface area contributed by atoms with Crippen LogP contribution in [0.5, 0.6) is 0 Å². The Labute approximate surface area is 116 Å². The van der Waals surface area contributed by atoms with Crippen LogP contribution in [0.2, 0.25) is 0 Å². The first-order valence-corrected chi connectivity index (χ1v) is 6.86. The second-order valence-corrected chi connectivity index (χ2v) is 5.47. The molecule has 108 valence electrons. The third-order valence-corrected chi connectivity index (χ3v) is 4.23. The number of nitrogens with one attached hydrogen (secondary N) is 1. The molecule has 1 saturated heterocycles. The van der Waals surface area contributed by atoms with E-state index in [0.717, 1.165) is 30.5 Å². The molecule has 3 rings (SSSR count). The van der Waals surface area contributed by atoms with Crippen molar-refractivity contribution in [1.82, 2.24) is 20.0 Å². The number of carbonyl (C=O) groups excluding carboxylic acids is 1. The number of aryl methyl sites for hydroxylation is 1. The molecule has 2 heterocycles. The second-order valence-electron chi connectivity index (χ2n) is 5.47. The van der Waals surface area contributed by atoms with Gasteiger partial charge in [-0.05, 0) is 26.3 Å². The van der Waals surface area contributed by atoms with Crippen molar-refractivity contribution in [3.8, 4) is 0 Å². The molecule has 1 amide bonds. The molecule has 1 aliphatic carbocycles. The molecule has 1 aromatic heterocycles. The Bertz CT molecular complexity index is 554. The summed E-state index contributed by atoms with van der Waals surface area (Å²) in [5.74, 6) is -1.04. The van der Waals surface area contributed by atoms with Gasteiger partial charge in [0.15, 0.2) is 5.69 Å². The van der Waals surface area contributed by atoms with Crippen LogP contribution in [0.4, 0.5) is 0 Å². The zero-order chi connectivity index (χ0) is 14.3. The van der Waals surface area contributed by atoms with Crippen molar-refractivity contribution in [2.45, 2.75) is 25.3 Å². The molecule has 0 spiro atoms. The number of fused-ring (bicyclic) bond motifs is 1. The summed E-state index contributed by atoms with van der Waals surface area (Å²) in [5, 5.41) is 16.2. The molecule has 1 aromatic rings. The van der Waals surface area contributed by atoms with Crippen molar-refractivity contribution in [1.29, 1.82) is 0 Å². The maximum atomic E-state index is 12.5. The highest BCUT2D eigenvalue weighted by molar-refractivity contribution is 5.94. The van der Waals surface area contributed by atoms with Gasteiger partial charge in [0.25, 0.3) is 5.91 Å². The Balaban J connectivity index is 1.79. The molecule has 2 aliphatic rings. The van der Waals surface area contributed by atoms with Gasteiger partial charge in [-0.3, -0.25) is 19.6 Å². The summed E-state index contributed by atoms with van der Waals surface area (Å²) in [7, 11) is 1.77. The topological polar surface area (TPSA) is 89.5 Å². The minimum absolute atomic E-state index is 0.149. The zero-order valence-electron chi connectivity index (χ0n) is 11.4. The van der Waals surface area contributed by atoms with Gasteiger partial charge in [0, 0.05) is 30.9 Å². The fourth-order valence-corrected chi connectivity index (χ4v) is 2.97. The number of carbonyl (C=O) groups is 2. The highest BCUT2D eigenvalue weighted by Crippen LogP contribution is 2.24. The van der Waals surface area contributed by atoms with Crippen LogP contribution in [0.1, 0.15) is 28.2 Å². The van der Waals surface area contributed by atoms with E-state index in [1.807, 2.05) is 0 Å². The average molecular weight is 278 g/mol. The summed E-state index contributed by atoms with van der Waals surface area (Å²) in [6.07, 6.45) is 2.86. The number of aromatic nitrogens is 2. The van der Waals surface area contributed by atoms with E-state index in [1.165, 1.54) is 0 Å². The van der Waals surface area contributed by atoms with Crippen molar-refractivity contribution in [3.05, 3.63) is 17.0 Å². The highest BCUT2D eigenvalue weighted by Gasteiger charge is 2.34. The van der Waals surface area contributed by atoms with E-state index in [4.69, 9.17) is 0 Å². The number of aliphatic carboxylic acids is 1. The van der Waals surface area contributed by atoms with E-state index in [-0.39, 0.29) is 12.5 Å². The van der Waals surface area contributed by atoms with Crippen LogP contribution in [-0.4, -0.2) is 69.7 Å². The average Bonchev–Trinajstić information content (AvgIpc) is 3.00. The van der Waals surface area contributed by atoms with E-state index in [2.05, 4.69) is 10.2 Å². The first-order chi connectivity index (χ1) is 9.58. The number of piperazine rings is 1. The Kier molecular flexibility index (Phi) is 3.21. The molecular formula is C13H18N4O3. The normalized spacial score (nSPS) is 22.9. The molecular weight excluding hydrogens is 260 g/mol. The minimum Gasteiger partial charge on any atom is -0.480 e. The van der Waals surface area contributed by atoms with Crippen LogP contribution < -0.4 is 0 Å². The molecule has 0 bridgehead atoms. The van der Waals surface area contributed by atoms with Crippen LogP contribution in [0.3, 0.4) is 0 Å². The molecule has 1 fully saturated rings. The van der Waals surface area contributed by atoms with Crippen LogP contribution in [0, 0.1) is 0 Å². The van der Waals surface area contributed by atoms with Gasteiger partial charge in [-0.1, -0.05) is 0 Å². The van der Waals surface area contributed by atoms with Crippen molar-refractivity contribution in [3.63, 3.8) is 0 Å². The molecule has 0 saturated carbocycles. The van der Waals surface area contributed by atoms with E-state index in [9.17, 15) is 14.7 Å². The number of carboxylic acids is 1. The zero-order valence-corrected chi connectivity index (χ0v) is 11.4. The summed E-state index contributed by atoms with van der Waals surface area (Å²) >= 11 is 0. The number of nitrogens with zero attached hydrogens (tertiary/aromatic N) is 3. The molecule has 0 unspecified atom stereocenters. The van der Waals surface area contributed by atoms with Crippen LogP contribution >= 0.6 is 0 Å². The maximum Gasteiger partial charge on any atom is 0.322 e. The summed E-state index contributed by atoms with van der Waals surface area (Å²) in [6, 6.07) is -0.639. The van der Waals surface area contributed by atoms with Crippen molar-refractivity contribution < 1.29 is 14.7 Å². The van der Waals surface area contributed by atoms with Gasteiger partial charge in [0.1, 0.15) is 6.04 Å². The SMILES string of the molecule is CN1CCN(C(=O)c2n[nH]c3c2CCC3)C[C@@H]1C(=O)O. The van der Waals surface area contributed by atoms with E-state index < -0.39 is 12.0 Å². The number of hydrogen-bond acceptors (Lipinski definition) is 4. The molecule has 7 heteroatoms. The minimum atomic E-state index is -0.891. The van der Waals surface area contributed by atoms with E-state index in [0.29, 0.717) is 18.8 Å². The lowest BCUT2D eigenvalue weighted by Gasteiger charge is -2.36. The smallest absolute Gasteiger partial charge is 0.322 e. The fourth-order valence-electron chi connectivity index (χ4n) is 2.97. The molecule has 1 atom stereocenters. The monoisotopic (exact) mass is 278 g/mol. The van der Waals surface area contributed by atoms with Crippen LogP contribution in [0.25, 0.3) is 0 Å². The number of carboxylic acid groups (broad SMARTS) is 1. The van der Waals surface area contributed by atoms with Gasteiger partial charge in [-0.15, -0.1) is 0 Å². The van der Waals surface area contributed by atoms with Crippen molar-refractivity contribution in [2.24, 2.45) is 0 Å². The third kappa shape index (κ3) is 2.07. The highest BCUT2D eigenvalue weighted by atomic mass is 16.4. The quantitative estimate of drug-likeness (QED) is 0.778. The summed E-state index contributed by atoms with van der Waals surface area (Å²) in [6.45, 7) is 1.32. The van der Waals surface area contributed by atoms with E-state index >= 15 is 0 Å². The van der Waals surface area contributed by atoms with Gasteiger partial charge in [-0.25, -0.2) is 0 Å². The number of likely N-dealkylation sites (N-methyl/N-ethyl adjacent to an activating group) is 1. The number of hydrogen-bond donors (Lipinski definition) is 2. The summed E-state index contributed by atoms with van der Waals surface area (Å²) in [5.41, 5.74) is 2.55. The summed E-state index contributed by atoms with van der Waals surface area (Å²) in [4.78, 5) is 27.1. The predicted octanol–water partition coefficient (Wildman–Crippen LogP) is -0.261. The molecule has 7 nitrogen and oxygen atoms in total. The lowest BCUT2D eigenvalue weighted by molar-refractivity contribution is -0.144. The van der Waals surface area contributed by atoms with Crippen molar-refractivity contribution >= 4 is 11.9 Å². The summed E-state index contributed by atoms with van der Waals surface area (Å²) < 4.78 is 0. The number of aromatic amines is 1. The molecule has 1 aliphatic heterocycles. The van der Waals surface area contributed by atoms with Gasteiger partial charge >= 0.3 is 5.97 Å². The molecule has 20 heavy (non-hydrogen) atoms. The lowest BCUT2D eigenvalue weighted by Crippen LogP contribution is -2.56. The molecule has 0 aromatic carbocycles. The second kappa shape index (κ2) is 4.90. The van der Waals surface area contributed by atoms with Crippen molar-refractivity contribution in [2.75, 3.05) is 26.7 Å². The van der Waals surface area contributed by atoms with Crippen LogP contribution in [-0.2, 0) is 17.6 Å². The lowest BCUT2D eigenvalue weighted by atomic mass is 10.1. The predicted molar refractivity (Wildman–Crippen MR) is 70.6 cm³/mol. The molecule has 0 radical (unpaired) electrons. The van der Waals surface area contributed by atoms with Gasteiger partial charge in [-0.2, -0.15) is 5.10 Å². The fraction of sp³-hybridized carbons (Fsp3) is 0.615. The van der Waals surface area contributed by atoms with Crippen LogP contribution in [0.15, 0.2) is 0 Å². The Hall–Kier alpha value is -1.89. The number of rotatable bonds is 2. The Morgan fingerprint density at radius 1 is 1.35 bits per heavy atom. The number of amides is 1. The standard InChI is InChI=1S/C13H18N4O3/c1-16-5-6-17(7-10(16)13(19)20)12(18)11-8-3-2-4-9(8)14-15-11/h10H,2-7H2,1H3,(H,14,15)(H,19,20)/t10-/m1/s1. The van der Waals surface area contributed by atoms with E-state index in [1.54, 1.807) is 16.8 Å². The first kappa shape index (κ1) is 13.1. The van der Waals surface area contributed by atoms with Gasteiger partial charge < -0.3 is 10.0 Å². The first-order valence-electron chi connectivity index (χ1n) is 6.86. The molecule has 2 N–H and O–H groups in total. The van der Waals surface area contributed by atoms with Gasteiger partial charge in [0.2, 0.25) is 0 Å². The Morgan fingerprint density at radius 3 is 2.90 bits per heavy atom. The van der Waals surface area contributed by atoms with Gasteiger partial charge in [0.05, 0.1) is 0 Å². The number of H-pyrrole nitrogens is 1. The maximum absolute atomic E-state index is 12.5. The third-order valence-electron chi connectivity index (χ3n) is 4.23.